The molecule has 1 fully saturated rings. The van der Waals surface area contributed by atoms with Gasteiger partial charge in [0.15, 0.2) is 6.04 Å². The molecule has 1 rings (SSSR count). The summed E-state index contributed by atoms with van der Waals surface area (Å²) >= 11 is 0. The van der Waals surface area contributed by atoms with Crippen LogP contribution >= 0.6 is 0 Å². The van der Waals surface area contributed by atoms with Gasteiger partial charge in [-0.25, -0.2) is 4.79 Å². The maximum Gasteiger partial charge on any atom is 0.322 e. The van der Waals surface area contributed by atoms with E-state index in [9.17, 15) is 33.6 Å². The highest BCUT2D eigenvalue weighted by Gasteiger charge is 2.40. The number of urea groups is 1. The van der Waals surface area contributed by atoms with Crippen LogP contribution in [0.1, 0.15) is 87.0 Å². The van der Waals surface area contributed by atoms with Gasteiger partial charge in [-0.05, 0) is 56.8 Å². The third kappa shape index (κ3) is 11.7. The minimum absolute atomic E-state index is 0.0330. The normalized spacial score (nSPS) is 17.0. The van der Waals surface area contributed by atoms with Gasteiger partial charge in [-0.2, -0.15) is 0 Å². The Morgan fingerprint density at radius 2 is 1.23 bits per heavy atom. The highest BCUT2D eigenvalue weighted by Crippen LogP contribution is 2.17. The average molecular weight is 681 g/mol. The van der Waals surface area contributed by atoms with E-state index in [-0.39, 0.29) is 24.2 Å². The van der Waals surface area contributed by atoms with Gasteiger partial charge in [0, 0.05) is 34.2 Å². The van der Waals surface area contributed by atoms with Crippen LogP contribution in [0, 0.1) is 17.8 Å². The summed E-state index contributed by atoms with van der Waals surface area (Å²) in [6, 6.07) is -6.81. The SMILES string of the molecule is CC[C@H](C)C(N)C(=O)N(C)C(CC(C)C)C(=O)NC(=O)N[C@H](C(=O)N1CCCCC1)C(=O)N(C)[C@H](C)C(=O)N(C)[C@@H](CC(C)C)C(N)=O. The topological polar surface area (TPSA) is 209 Å². The Labute approximate surface area is 285 Å². The zero-order valence-corrected chi connectivity index (χ0v) is 30.6. The number of likely N-dealkylation sites (tertiary alicyclic amines) is 1. The Morgan fingerprint density at radius 1 is 0.729 bits per heavy atom. The van der Waals surface area contributed by atoms with Gasteiger partial charge in [0.25, 0.3) is 17.7 Å². The van der Waals surface area contributed by atoms with Crippen LogP contribution in [0.5, 0.6) is 0 Å². The lowest BCUT2D eigenvalue weighted by Crippen LogP contribution is -2.62. The molecule has 8 amide bonds. The molecular weight excluding hydrogens is 620 g/mol. The quantitative estimate of drug-likeness (QED) is 0.170. The number of carbonyl (C=O) groups is 7. The van der Waals surface area contributed by atoms with Crippen molar-refractivity contribution in [3.63, 3.8) is 0 Å². The van der Waals surface area contributed by atoms with Gasteiger partial charge >= 0.3 is 6.03 Å². The van der Waals surface area contributed by atoms with E-state index in [1.807, 2.05) is 41.5 Å². The van der Waals surface area contributed by atoms with Crippen molar-refractivity contribution in [1.29, 1.82) is 0 Å². The number of hydrogen-bond acceptors (Lipinski definition) is 8. The molecule has 6 N–H and O–H groups in total. The summed E-state index contributed by atoms with van der Waals surface area (Å²) in [7, 11) is 4.20. The second-order valence-electron chi connectivity index (χ2n) is 13.9. The molecule has 1 aliphatic rings. The van der Waals surface area contributed by atoms with E-state index in [1.165, 1.54) is 42.8 Å². The predicted molar refractivity (Wildman–Crippen MR) is 182 cm³/mol. The van der Waals surface area contributed by atoms with Crippen molar-refractivity contribution in [1.82, 2.24) is 30.2 Å². The molecule has 15 heteroatoms. The molecule has 15 nitrogen and oxygen atoms in total. The van der Waals surface area contributed by atoms with Crippen LogP contribution in [0.4, 0.5) is 4.79 Å². The van der Waals surface area contributed by atoms with Crippen molar-refractivity contribution in [2.75, 3.05) is 34.2 Å². The first-order valence-electron chi connectivity index (χ1n) is 17.0. The van der Waals surface area contributed by atoms with E-state index in [1.54, 1.807) is 0 Å². The second-order valence-corrected chi connectivity index (χ2v) is 13.9. The van der Waals surface area contributed by atoms with E-state index >= 15 is 0 Å². The lowest BCUT2D eigenvalue weighted by molar-refractivity contribution is -0.150. The molecule has 0 aliphatic carbocycles. The lowest BCUT2D eigenvalue weighted by atomic mass is 9.96. The number of nitrogens with two attached hydrogens (primary N) is 2. The average Bonchev–Trinajstić information content (AvgIpc) is 3.04. The number of imide groups is 1. The molecule has 6 atom stereocenters. The summed E-state index contributed by atoms with van der Waals surface area (Å²) in [5, 5.41) is 4.57. The van der Waals surface area contributed by atoms with Crippen molar-refractivity contribution < 1.29 is 33.6 Å². The van der Waals surface area contributed by atoms with Crippen LogP contribution in [0.3, 0.4) is 0 Å². The molecule has 274 valence electrons. The third-order valence-electron chi connectivity index (χ3n) is 9.15. The van der Waals surface area contributed by atoms with Crippen molar-refractivity contribution in [2.24, 2.45) is 29.2 Å². The molecule has 0 aromatic heterocycles. The molecule has 1 aliphatic heterocycles. The van der Waals surface area contributed by atoms with Crippen LogP contribution in [-0.2, 0) is 28.8 Å². The van der Waals surface area contributed by atoms with Gasteiger partial charge in [-0.15, -0.1) is 0 Å². The zero-order chi connectivity index (χ0) is 37.0. The van der Waals surface area contributed by atoms with Gasteiger partial charge < -0.3 is 36.4 Å². The summed E-state index contributed by atoms with van der Waals surface area (Å²) in [5.74, 6) is -4.20. The Kier molecular flexibility index (Phi) is 17.0. The number of nitrogens with one attached hydrogen (secondary N) is 2. The van der Waals surface area contributed by atoms with E-state index < -0.39 is 71.7 Å². The van der Waals surface area contributed by atoms with Crippen LogP contribution in [-0.4, -0.2) is 126 Å². The fourth-order valence-electron chi connectivity index (χ4n) is 5.58. The Hall–Kier alpha value is -3.75. The summed E-state index contributed by atoms with van der Waals surface area (Å²) in [4.78, 5) is 97.9. The fourth-order valence-corrected chi connectivity index (χ4v) is 5.58. The van der Waals surface area contributed by atoms with Gasteiger partial charge in [0.2, 0.25) is 17.7 Å². The molecule has 0 radical (unpaired) electrons. The monoisotopic (exact) mass is 680 g/mol. The summed E-state index contributed by atoms with van der Waals surface area (Å²) in [6.07, 6.45) is 3.53. The number of carbonyl (C=O) groups excluding carboxylic acids is 7. The maximum atomic E-state index is 13.9. The van der Waals surface area contributed by atoms with Gasteiger partial charge in [0.1, 0.15) is 18.1 Å². The smallest absolute Gasteiger partial charge is 0.322 e. The molecule has 0 aromatic carbocycles. The highest BCUT2D eigenvalue weighted by atomic mass is 16.2. The van der Waals surface area contributed by atoms with Crippen molar-refractivity contribution in [3.05, 3.63) is 0 Å². The molecule has 2 unspecified atom stereocenters. The Morgan fingerprint density at radius 3 is 1.71 bits per heavy atom. The molecule has 0 aromatic rings. The van der Waals surface area contributed by atoms with Crippen molar-refractivity contribution >= 4 is 41.5 Å². The molecule has 0 spiro atoms. The first kappa shape index (κ1) is 42.3. The third-order valence-corrected chi connectivity index (χ3v) is 9.15. The second kappa shape index (κ2) is 19.3. The maximum absolute atomic E-state index is 13.9. The van der Waals surface area contributed by atoms with Crippen LogP contribution in [0.2, 0.25) is 0 Å². The van der Waals surface area contributed by atoms with Crippen LogP contribution in [0.15, 0.2) is 0 Å². The number of rotatable bonds is 16. The number of hydrogen-bond donors (Lipinski definition) is 4. The number of likely N-dealkylation sites (N-methyl/N-ethyl adjacent to an activating group) is 3. The zero-order valence-electron chi connectivity index (χ0n) is 30.6. The summed E-state index contributed by atoms with van der Waals surface area (Å²) in [5.41, 5.74) is 11.7. The molecule has 48 heavy (non-hydrogen) atoms. The molecular formula is C33H60N8O7. The largest absolute Gasteiger partial charge is 0.368 e. The van der Waals surface area contributed by atoms with E-state index in [0.717, 1.165) is 11.3 Å². The minimum Gasteiger partial charge on any atom is -0.368 e. The van der Waals surface area contributed by atoms with E-state index in [0.29, 0.717) is 38.8 Å². The minimum atomic E-state index is -1.76. The van der Waals surface area contributed by atoms with Gasteiger partial charge in [-0.3, -0.25) is 34.1 Å². The van der Waals surface area contributed by atoms with E-state index in [4.69, 9.17) is 11.5 Å². The number of nitrogens with zero attached hydrogens (tertiary/aromatic N) is 4. The van der Waals surface area contributed by atoms with Crippen LogP contribution < -0.4 is 22.1 Å². The Balaban J connectivity index is 3.29. The van der Waals surface area contributed by atoms with Crippen molar-refractivity contribution in [2.45, 2.75) is 117 Å². The molecule has 0 saturated carbocycles. The summed E-state index contributed by atoms with van der Waals surface area (Å²) < 4.78 is 0. The lowest BCUT2D eigenvalue weighted by Gasteiger charge is -2.35. The number of primary amides is 1. The number of piperidine rings is 1. The fraction of sp³-hybridized carbons (Fsp3) is 0.788. The molecule has 0 bridgehead atoms. The van der Waals surface area contributed by atoms with Crippen LogP contribution in [0.25, 0.3) is 0 Å². The standard InChI is InChI=1S/C33H60N8O7/c1-11-21(6)25(34)30(45)40(10)24(18-20(4)5)28(43)37-33(48)36-26(32(47)41-15-13-12-14-16-41)31(46)38(8)22(7)29(44)39(9)23(27(35)42)17-19(2)3/h19-26H,11-18,34H2,1-10H3,(H2,35,42)(H2,36,37,43,48)/t21-,22+,23-,24?,25?,26-/m0/s1. The predicted octanol–water partition coefficient (Wildman–Crippen LogP) is 0.645. The highest BCUT2D eigenvalue weighted by molar-refractivity contribution is 6.09. The molecule has 1 heterocycles. The van der Waals surface area contributed by atoms with Gasteiger partial charge in [0.05, 0.1) is 6.04 Å². The Bertz CT molecular complexity index is 1160. The molecule has 1 saturated heterocycles. The number of amides is 8. The van der Waals surface area contributed by atoms with Gasteiger partial charge in [-0.1, -0.05) is 48.0 Å². The first-order valence-corrected chi connectivity index (χ1v) is 17.0. The van der Waals surface area contributed by atoms with E-state index in [2.05, 4.69) is 10.6 Å². The summed E-state index contributed by atoms with van der Waals surface area (Å²) in [6.45, 7) is 13.4. The first-order chi connectivity index (χ1) is 22.3. The van der Waals surface area contributed by atoms with Crippen molar-refractivity contribution in [3.8, 4) is 0 Å².